The molecule has 0 saturated heterocycles. The fourth-order valence-electron chi connectivity index (χ4n) is 4.95. The molecule has 1 saturated carbocycles. The summed E-state index contributed by atoms with van der Waals surface area (Å²) in [7, 11) is 0. The number of fused-ring (bicyclic) bond motifs is 1. The number of urea groups is 1. The second-order valence-electron chi connectivity index (χ2n) is 11.7. The Morgan fingerprint density at radius 2 is 1.86 bits per heavy atom. The summed E-state index contributed by atoms with van der Waals surface area (Å²) >= 11 is 3.39. The number of nitrogens with zero attached hydrogens (tertiary/aromatic N) is 5. The van der Waals surface area contributed by atoms with Gasteiger partial charge in [0.05, 0.1) is 16.1 Å². The number of hydrogen-bond acceptors (Lipinski definition) is 6. The lowest BCUT2D eigenvalue weighted by molar-refractivity contribution is 0.251. The standard InChI is InChI=1S/C33H37N7OS2/c1-21(2)31-37-36-29-16-15-26(20-39(29)31)43-27-12-7-6-9-24(27)19-34-32(41)35-30-18-28(33(3,4)42-5)38-40(30)25-11-8-10-23(17-25)22-13-14-22/h6-12,15-18,20-22H,13-14,19H2,1-5H3,(H2,34,35,41). The van der Waals surface area contributed by atoms with E-state index in [4.69, 9.17) is 5.10 Å². The minimum atomic E-state index is -0.278. The maximum absolute atomic E-state index is 13.3. The van der Waals surface area contributed by atoms with Crippen LogP contribution in [0.15, 0.2) is 82.7 Å². The Hall–Kier alpha value is -3.76. The third kappa shape index (κ3) is 6.45. The molecule has 10 heteroatoms. The number of nitrogens with one attached hydrogen (secondary N) is 2. The van der Waals surface area contributed by atoms with E-state index in [0.717, 1.165) is 38.2 Å². The Morgan fingerprint density at radius 1 is 1.05 bits per heavy atom. The third-order valence-electron chi connectivity index (χ3n) is 7.80. The number of pyridine rings is 1. The zero-order chi connectivity index (χ0) is 30.1. The zero-order valence-electron chi connectivity index (χ0n) is 25.2. The van der Waals surface area contributed by atoms with Crippen LogP contribution in [-0.4, -0.2) is 36.7 Å². The number of benzene rings is 2. The molecule has 0 aliphatic heterocycles. The molecular weight excluding hydrogens is 575 g/mol. The van der Waals surface area contributed by atoms with Crippen molar-refractivity contribution in [3.8, 4) is 5.69 Å². The number of rotatable bonds is 10. The van der Waals surface area contributed by atoms with Gasteiger partial charge in [-0.15, -0.1) is 10.2 Å². The first kappa shape index (κ1) is 29.3. The van der Waals surface area contributed by atoms with Crippen molar-refractivity contribution in [2.24, 2.45) is 0 Å². The Kier molecular flexibility index (Phi) is 8.24. The van der Waals surface area contributed by atoms with Gasteiger partial charge in [0.25, 0.3) is 0 Å². The molecule has 0 unspecified atom stereocenters. The van der Waals surface area contributed by atoms with Gasteiger partial charge in [0.1, 0.15) is 11.6 Å². The highest BCUT2D eigenvalue weighted by Crippen LogP contribution is 2.41. The molecule has 0 radical (unpaired) electrons. The van der Waals surface area contributed by atoms with Crippen LogP contribution < -0.4 is 10.6 Å². The molecule has 3 aromatic heterocycles. The lowest BCUT2D eigenvalue weighted by atomic mass is 10.1. The summed E-state index contributed by atoms with van der Waals surface area (Å²) in [4.78, 5) is 15.4. The zero-order valence-corrected chi connectivity index (χ0v) is 26.8. The lowest BCUT2D eigenvalue weighted by Crippen LogP contribution is -2.29. The first-order chi connectivity index (χ1) is 20.7. The van der Waals surface area contributed by atoms with Gasteiger partial charge in [-0.3, -0.25) is 9.72 Å². The van der Waals surface area contributed by atoms with Gasteiger partial charge >= 0.3 is 6.03 Å². The molecule has 3 heterocycles. The molecule has 1 aliphatic rings. The maximum atomic E-state index is 13.3. The topological polar surface area (TPSA) is 89.1 Å². The van der Waals surface area contributed by atoms with Crippen LogP contribution in [0.25, 0.3) is 11.3 Å². The largest absolute Gasteiger partial charge is 0.334 e. The van der Waals surface area contributed by atoms with E-state index in [1.54, 1.807) is 23.5 Å². The van der Waals surface area contributed by atoms with E-state index in [2.05, 4.69) is 95.7 Å². The summed E-state index contributed by atoms with van der Waals surface area (Å²) < 4.78 is 3.71. The Labute approximate surface area is 261 Å². The summed E-state index contributed by atoms with van der Waals surface area (Å²) in [6.45, 7) is 8.91. The van der Waals surface area contributed by atoms with E-state index >= 15 is 0 Å². The summed E-state index contributed by atoms with van der Waals surface area (Å²) in [6, 6.07) is 22.4. The average molecular weight is 612 g/mol. The van der Waals surface area contributed by atoms with Gasteiger partial charge < -0.3 is 5.32 Å². The molecule has 0 spiro atoms. The van der Waals surface area contributed by atoms with Crippen molar-refractivity contribution in [3.05, 3.63) is 95.6 Å². The summed E-state index contributed by atoms with van der Waals surface area (Å²) in [5.74, 6) is 2.48. The second kappa shape index (κ2) is 12.1. The van der Waals surface area contributed by atoms with Crippen LogP contribution in [0, 0.1) is 0 Å². The number of aromatic nitrogens is 5. The normalized spacial score (nSPS) is 13.5. The van der Waals surface area contributed by atoms with E-state index in [-0.39, 0.29) is 16.7 Å². The number of amides is 2. The van der Waals surface area contributed by atoms with Crippen molar-refractivity contribution < 1.29 is 4.79 Å². The van der Waals surface area contributed by atoms with E-state index < -0.39 is 0 Å². The van der Waals surface area contributed by atoms with Crippen molar-refractivity contribution >= 4 is 41.0 Å². The molecule has 2 amide bonds. The van der Waals surface area contributed by atoms with E-state index in [9.17, 15) is 4.79 Å². The molecule has 1 aliphatic carbocycles. The molecule has 0 bridgehead atoms. The van der Waals surface area contributed by atoms with Crippen molar-refractivity contribution in [1.82, 2.24) is 29.7 Å². The number of anilines is 1. The van der Waals surface area contributed by atoms with Crippen molar-refractivity contribution in [2.45, 2.75) is 73.5 Å². The van der Waals surface area contributed by atoms with Gasteiger partial charge in [-0.2, -0.15) is 16.9 Å². The number of hydrogen-bond donors (Lipinski definition) is 2. The highest BCUT2D eigenvalue weighted by atomic mass is 32.2. The molecule has 5 aromatic rings. The van der Waals surface area contributed by atoms with Crippen LogP contribution in [0.5, 0.6) is 0 Å². The first-order valence-electron chi connectivity index (χ1n) is 14.6. The average Bonchev–Trinajstić information content (AvgIpc) is 3.63. The van der Waals surface area contributed by atoms with Crippen LogP contribution in [0.3, 0.4) is 0 Å². The predicted molar refractivity (Wildman–Crippen MR) is 176 cm³/mol. The van der Waals surface area contributed by atoms with Crippen LogP contribution in [0.1, 0.15) is 75.0 Å². The van der Waals surface area contributed by atoms with Crippen molar-refractivity contribution in [1.29, 1.82) is 0 Å². The van der Waals surface area contributed by atoms with Crippen LogP contribution in [-0.2, 0) is 11.3 Å². The monoisotopic (exact) mass is 611 g/mol. The van der Waals surface area contributed by atoms with Gasteiger partial charge in [0, 0.05) is 34.5 Å². The Balaban J connectivity index is 1.19. The minimum absolute atomic E-state index is 0.200. The first-order valence-corrected chi connectivity index (χ1v) is 16.7. The predicted octanol–water partition coefficient (Wildman–Crippen LogP) is 7.99. The Morgan fingerprint density at radius 3 is 2.63 bits per heavy atom. The molecule has 43 heavy (non-hydrogen) atoms. The van der Waals surface area contributed by atoms with Gasteiger partial charge in [-0.1, -0.05) is 55.9 Å². The van der Waals surface area contributed by atoms with Gasteiger partial charge in [0.15, 0.2) is 5.65 Å². The lowest BCUT2D eigenvalue weighted by Gasteiger charge is -2.18. The molecule has 2 aromatic carbocycles. The number of carbonyl (C=O) groups excluding carboxylic acids is 1. The fraction of sp³-hybridized carbons (Fsp3) is 0.333. The summed E-state index contributed by atoms with van der Waals surface area (Å²) in [6.07, 6.45) is 6.62. The summed E-state index contributed by atoms with van der Waals surface area (Å²) in [5.41, 5.74) is 5.06. The highest BCUT2D eigenvalue weighted by molar-refractivity contribution is 7.99. The molecule has 2 N–H and O–H groups in total. The van der Waals surface area contributed by atoms with Crippen LogP contribution in [0.2, 0.25) is 0 Å². The third-order valence-corrected chi connectivity index (χ3v) is 10.1. The quantitative estimate of drug-likeness (QED) is 0.166. The fourth-order valence-corrected chi connectivity index (χ4v) is 6.22. The molecule has 6 rings (SSSR count). The maximum Gasteiger partial charge on any atom is 0.320 e. The highest BCUT2D eigenvalue weighted by Gasteiger charge is 2.27. The summed E-state index contributed by atoms with van der Waals surface area (Å²) in [5, 5.41) is 19.7. The smallest absolute Gasteiger partial charge is 0.320 e. The Bertz CT molecular complexity index is 1770. The number of thioether (sulfide) groups is 1. The van der Waals surface area contributed by atoms with Crippen LogP contribution >= 0.6 is 23.5 Å². The van der Waals surface area contributed by atoms with Crippen molar-refractivity contribution in [3.63, 3.8) is 0 Å². The molecule has 8 nitrogen and oxygen atoms in total. The van der Waals surface area contributed by atoms with Crippen molar-refractivity contribution in [2.75, 3.05) is 11.6 Å². The van der Waals surface area contributed by atoms with Crippen LogP contribution in [0.4, 0.5) is 10.6 Å². The molecule has 0 atom stereocenters. The molecule has 222 valence electrons. The molecule has 1 fully saturated rings. The van der Waals surface area contributed by atoms with Gasteiger partial charge in [-0.25, -0.2) is 9.48 Å². The second-order valence-corrected chi connectivity index (χ2v) is 14.3. The number of carbonyl (C=O) groups is 1. The van der Waals surface area contributed by atoms with Gasteiger partial charge in [0.2, 0.25) is 0 Å². The molecular formula is C33H37N7OS2. The van der Waals surface area contributed by atoms with E-state index in [1.807, 2.05) is 41.1 Å². The van der Waals surface area contributed by atoms with E-state index in [0.29, 0.717) is 18.3 Å². The SMILES string of the molecule is CSC(C)(C)c1cc(NC(=O)NCc2ccccc2Sc2ccc3nnc(C(C)C)n3c2)n(-c2cccc(C3CC3)c2)n1. The van der Waals surface area contributed by atoms with E-state index in [1.165, 1.54) is 18.4 Å². The van der Waals surface area contributed by atoms with Gasteiger partial charge in [-0.05, 0) is 80.3 Å². The minimum Gasteiger partial charge on any atom is -0.334 e.